The molecule has 1 N–H and O–H groups in total. The Morgan fingerprint density at radius 2 is 2.00 bits per heavy atom. The first-order chi connectivity index (χ1) is 13.0. The van der Waals surface area contributed by atoms with E-state index in [0.29, 0.717) is 6.54 Å². The molecule has 2 aliphatic rings. The molecule has 2 heterocycles. The van der Waals surface area contributed by atoms with Crippen molar-refractivity contribution >= 4 is 17.7 Å². The van der Waals surface area contributed by atoms with Gasteiger partial charge in [0.25, 0.3) is 0 Å². The molecular formula is C20H30FN3O2S. The number of nitrogens with one attached hydrogen (secondary N) is 1. The second kappa shape index (κ2) is 9.26. The molecule has 0 spiro atoms. The number of guanidine groups is 1. The van der Waals surface area contributed by atoms with Gasteiger partial charge in [0.1, 0.15) is 11.9 Å². The molecule has 1 aromatic rings. The number of aliphatic imine (C=N–C) groups is 1. The van der Waals surface area contributed by atoms with Crippen LogP contribution in [0.2, 0.25) is 0 Å². The van der Waals surface area contributed by atoms with E-state index in [2.05, 4.69) is 28.4 Å². The largest absolute Gasteiger partial charge is 0.381 e. The van der Waals surface area contributed by atoms with Gasteiger partial charge in [-0.05, 0) is 43.7 Å². The maximum Gasteiger partial charge on any atom is 0.193 e. The van der Waals surface area contributed by atoms with Gasteiger partial charge < -0.3 is 19.7 Å². The SMILES string of the molecule is CN=C(NCC1(SC)CCOCC1)N1CC(C)OC(c2ccc(F)cc2)C1. The van der Waals surface area contributed by atoms with Crippen LogP contribution in [0.1, 0.15) is 31.4 Å². The summed E-state index contributed by atoms with van der Waals surface area (Å²) < 4.78 is 25.1. The molecule has 0 amide bonds. The van der Waals surface area contributed by atoms with Crippen molar-refractivity contribution in [1.82, 2.24) is 10.2 Å². The summed E-state index contributed by atoms with van der Waals surface area (Å²) in [6.07, 6.45) is 4.26. The average Bonchev–Trinajstić information content (AvgIpc) is 2.69. The van der Waals surface area contributed by atoms with Crippen LogP contribution in [0.3, 0.4) is 0 Å². The molecule has 0 aliphatic carbocycles. The molecule has 0 saturated carbocycles. The highest BCUT2D eigenvalue weighted by Crippen LogP contribution is 2.33. The molecule has 7 heteroatoms. The molecule has 1 aromatic carbocycles. The zero-order chi connectivity index (χ0) is 19.3. The van der Waals surface area contributed by atoms with Gasteiger partial charge in [0.15, 0.2) is 5.96 Å². The minimum absolute atomic E-state index is 0.0740. The van der Waals surface area contributed by atoms with Gasteiger partial charge in [0.2, 0.25) is 0 Å². The van der Waals surface area contributed by atoms with Crippen molar-refractivity contribution in [3.05, 3.63) is 35.6 Å². The Hall–Kier alpha value is -1.31. The van der Waals surface area contributed by atoms with Crippen LogP contribution in [0, 0.1) is 5.82 Å². The number of ether oxygens (including phenoxy) is 2. The van der Waals surface area contributed by atoms with Crippen LogP contribution < -0.4 is 5.32 Å². The van der Waals surface area contributed by atoms with E-state index < -0.39 is 0 Å². The second-order valence-electron chi connectivity index (χ2n) is 7.29. The van der Waals surface area contributed by atoms with Gasteiger partial charge in [-0.1, -0.05) is 12.1 Å². The number of hydrogen-bond donors (Lipinski definition) is 1. The van der Waals surface area contributed by atoms with E-state index in [0.717, 1.165) is 50.7 Å². The molecule has 2 atom stereocenters. The average molecular weight is 396 g/mol. The third-order valence-electron chi connectivity index (χ3n) is 5.42. The summed E-state index contributed by atoms with van der Waals surface area (Å²) in [6.45, 7) is 6.07. The topological polar surface area (TPSA) is 46.1 Å². The Kier molecular flexibility index (Phi) is 7.00. The molecule has 150 valence electrons. The zero-order valence-electron chi connectivity index (χ0n) is 16.4. The van der Waals surface area contributed by atoms with Crippen molar-refractivity contribution in [2.24, 2.45) is 4.99 Å². The van der Waals surface area contributed by atoms with Crippen LogP contribution >= 0.6 is 11.8 Å². The number of rotatable bonds is 4. The number of hydrogen-bond acceptors (Lipinski definition) is 4. The highest BCUT2D eigenvalue weighted by molar-refractivity contribution is 8.00. The third kappa shape index (κ3) is 5.15. The zero-order valence-corrected chi connectivity index (χ0v) is 17.2. The van der Waals surface area contributed by atoms with Crippen molar-refractivity contribution in [2.75, 3.05) is 46.2 Å². The number of nitrogens with zero attached hydrogens (tertiary/aromatic N) is 2. The van der Waals surface area contributed by atoms with E-state index in [-0.39, 0.29) is 22.8 Å². The Bertz CT molecular complexity index is 635. The van der Waals surface area contributed by atoms with E-state index in [1.54, 1.807) is 12.1 Å². The number of morpholine rings is 1. The van der Waals surface area contributed by atoms with Crippen LogP contribution in [-0.2, 0) is 9.47 Å². The van der Waals surface area contributed by atoms with Gasteiger partial charge in [-0.15, -0.1) is 0 Å². The van der Waals surface area contributed by atoms with Crippen molar-refractivity contribution in [2.45, 2.75) is 36.7 Å². The minimum atomic E-state index is -0.226. The van der Waals surface area contributed by atoms with E-state index in [4.69, 9.17) is 9.47 Å². The fourth-order valence-electron chi connectivity index (χ4n) is 3.75. The number of halogens is 1. The number of thioether (sulfide) groups is 1. The van der Waals surface area contributed by atoms with Gasteiger partial charge in [-0.3, -0.25) is 4.99 Å². The summed E-state index contributed by atoms with van der Waals surface area (Å²) in [5.74, 6) is 0.674. The molecular weight excluding hydrogens is 365 g/mol. The first-order valence-corrected chi connectivity index (χ1v) is 10.8. The van der Waals surface area contributed by atoms with Gasteiger partial charge >= 0.3 is 0 Å². The fourth-order valence-corrected chi connectivity index (χ4v) is 4.55. The minimum Gasteiger partial charge on any atom is -0.381 e. The summed E-state index contributed by atoms with van der Waals surface area (Å²) in [4.78, 5) is 6.76. The Morgan fingerprint density at radius 1 is 1.30 bits per heavy atom. The fraction of sp³-hybridized carbons (Fsp3) is 0.650. The van der Waals surface area contributed by atoms with E-state index >= 15 is 0 Å². The van der Waals surface area contributed by atoms with Crippen LogP contribution in [0.15, 0.2) is 29.3 Å². The molecule has 0 bridgehead atoms. The van der Waals surface area contributed by atoms with E-state index in [1.807, 2.05) is 18.8 Å². The van der Waals surface area contributed by atoms with Gasteiger partial charge in [-0.25, -0.2) is 4.39 Å². The summed E-state index contributed by atoms with van der Waals surface area (Å²) in [5.41, 5.74) is 0.994. The molecule has 27 heavy (non-hydrogen) atoms. The van der Waals surface area contributed by atoms with Crippen LogP contribution in [0.4, 0.5) is 4.39 Å². The van der Waals surface area contributed by atoms with Crippen molar-refractivity contribution in [3.8, 4) is 0 Å². The van der Waals surface area contributed by atoms with Crippen molar-refractivity contribution in [1.29, 1.82) is 0 Å². The standard InChI is InChI=1S/C20H30FN3O2S/c1-15-12-24(13-18(26-15)16-4-6-17(21)7-5-16)19(22-2)23-14-20(27-3)8-10-25-11-9-20/h4-7,15,18H,8-14H2,1-3H3,(H,22,23). The smallest absolute Gasteiger partial charge is 0.193 e. The van der Waals surface area contributed by atoms with E-state index in [1.165, 1.54) is 12.1 Å². The molecule has 2 saturated heterocycles. The predicted octanol–water partition coefficient (Wildman–Crippen LogP) is 3.08. The molecule has 3 rings (SSSR count). The first-order valence-electron chi connectivity index (χ1n) is 9.55. The normalized spacial score (nSPS) is 26.1. The molecule has 2 aliphatic heterocycles. The Morgan fingerprint density at radius 3 is 2.63 bits per heavy atom. The third-order valence-corrected chi connectivity index (χ3v) is 6.84. The van der Waals surface area contributed by atoms with Crippen LogP contribution in [0.25, 0.3) is 0 Å². The maximum atomic E-state index is 13.2. The molecule has 5 nitrogen and oxygen atoms in total. The highest BCUT2D eigenvalue weighted by Gasteiger charge is 2.33. The highest BCUT2D eigenvalue weighted by atomic mass is 32.2. The molecule has 0 radical (unpaired) electrons. The summed E-state index contributed by atoms with van der Waals surface area (Å²) in [7, 11) is 1.82. The van der Waals surface area contributed by atoms with E-state index in [9.17, 15) is 4.39 Å². The van der Waals surface area contributed by atoms with Crippen molar-refractivity contribution in [3.63, 3.8) is 0 Å². The quantitative estimate of drug-likeness (QED) is 0.627. The van der Waals surface area contributed by atoms with Crippen molar-refractivity contribution < 1.29 is 13.9 Å². The van der Waals surface area contributed by atoms with Crippen LogP contribution in [0.5, 0.6) is 0 Å². The lowest BCUT2D eigenvalue weighted by Gasteiger charge is -2.41. The van der Waals surface area contributed by atoms with Gasteiger partial charge in [0.05, 0.1) is 12.6 Å². The monoisotopic (exact) mass is 395 g/mol. The van der Waals surface area contributed by atoms with Gasteiger partial charge in [0, 0.05) is 38.1 Å². The Labute approximate surface area is 165 Å². The summed E-state index contributed by atoms with van der Waals surface area (Å²) in [6, 6.07) is 6.58. The second-order valence-corrected chi connectivity index (χ2v) is 8.57. The lowest BCUT2D eigenvalue weighted by molar-refractivity contribution is -0.0605. The lowest BCUT2D eigenvalue weighted by atomic mass is 9.99. The maximum absolute atomic E-state index is 13.2. The summed E-state index contributed by atoms with van der Waals surface area (Å²) in [5, 5.41) is 3.59. The number of benzene rings is 1. The van der Waals surface area contributed by atoms with Gasteiger partial charge in [-0.2, -0.15) is 11.8 Å². The Balaban J connectivity index is 1.66. The lowest BCUT2D eigenvalue weighted by Crippen LogP contribution is -2.53. The molecule has 2 unspecified atom stereocenters. The molecule has 0 aromatic heterocycles. The van der Waals surface area contributed by atoms with Crippen LogP contribution in [-0.4, -0.2) is 67.9 Å². The predicted molar refractivity (Wildman–Crippen MR) is 109 cm³/mol. The molecule has 2 fully saturated rings. The summed E-state index contributed by atoms with van der Waals surface area (Å²) >= 11 is 1.92. The first kappa shape index (κ1) is 20.4.